The topological polar surface area (TPSA) is 37.4 Å². The zero-order chi connectivity index (χ0) is 15.0. The monoisotopic (exact) mass is 413 g/mol. The highest BCUT2D eigenvalue weighted by Gasteiger charge is 2.40. The van der Waals surface area contributed by atoms with E-state index in [4.69, 9.17) is 0 Å². The zero-order valence-corrected chi connectivity index (χ0v) is 14.8. The minimum atomic E-state index is 0.0409. The molecule has 2 fully saturated rings. The molecule has 1 aromatic carbocycles. The van der Waals surface area contributed by atoms with Gasteiger partial charge in [-0.25, -0.2) is 0 Å². The van der Waals surface area contributed by atoms with Crippen LogP contribution in [0.25, 0.3) is 0 Å². The lowest BCUT2D eigenvalue weighted by Crippen LogP contribution is -2.41. The summed E-state index contributed by atoms with van der Waals surface area (Å²) in [6.07, 6.45) is 4.55. The lowest BCUT2D eigenvalue weighted by atomic mass is 9.94. The van der Waals surface area contributed by atoms with E-state index >= 15 is 0 Å². The van der Waals surface area contributed by atoms with Crippen LogP contribution in [0, 0.1) is 5.92 Å². The SMILES string of the molecule is O=C1CCCC1C1CCCN1C(=O)c1cc(Br)cc(Br)c1. The van der Waals surface area contributed by atoms with Gasteiger partial charge in [-0.2, -0.15) is 0 Å². The number of nitrogens with zero attached hydrogens (tertiary/aromatic N) is 1. The zero-order valence-electron chi connectivity index (χ0n) is 11.6. The Kier molecular flexibility index (Phi) is 4.50. The predicted octanol–water partition coefficient (Wildman–Crippen LogP) is 4.19. The maximum atomic E-state index is 12.8. The minimum Gasteiger partial charge on any atom is -0.335 e. The van der Waals surface area contributed by atoms with E-state index in [-0.39, 0.29) is 17.9 Å². The summed E-state index contributed by atoms with van der Waals surface area (Å²) in [6.45, 7) is 0.761. The smallest absolute Gasteiger partial charge is 0.254 e. The van der Waals surface area contributed by atoms with Crippen molar-refractivity contribution < 1.29 is 9.59 Å². The summed E-state index contributed by atoms with van der Waals surface area (Å²) in [5.74, 6) is 0.446. The number of amides is 1. The number of rotatable bonds is 2. The Morgan fingerprint density at radius 2 is 1.81 bits per heavy atom. The molecule has 0 aromatic heterocycles. The lowest BCUT2D eigenvalue weighted by Gasteiger charge is -2.28. The van der Waals surface area contributed by atoms with Crippen molar-refractivity contribution in [3.63, 3.8) is 0 Å². The maximum absolute atomic E-state index is 12.8. The van der Waals surface area contributed by atoms with Crippen LogP contribution in [-0.2, 0) is 4.79 Å². The van der Waals surface area contributed by atoms with Gasteiger partial charge in [0.25, 0.3) is 5.91 Å². The Labute approximate surface area is 141 Å². The average Bonchev–Trinajstić information content (AvgIpc) is 3.04. The van der Waals surface area contributed by atoms with E-state index in [0.29, 0.717) is 17.8 Å². The van der Waals surface area contributed by atoms with Crippen LogP contribution in [0.5, 0.6) is 0 Å². The first-order chi connectivity index (χ1) is 10.1. The van der Waals surface area contributed by atoms with Crippen LogP contribution in [0.15, 0.2) is 27.1 Å². The molecule has 1 heterocycles. The van der Waals surface area contributed by atoms with Gasteiger partial charge < -0.3 is 4.90 Å². The normalized spacial score (nSPS) is 25.6. The summed E-state index contributed by atoms with van der Waals surface area (Å²) in [5.41, 5.74) is 0.675. The van der Waals surface area contributed by atoms with Crippen molar-refractivity contribution in [3.05, 3.63) is 32.7 Å². The number of halogens is 2. The van der Waals surface area contributed by atoms with Crippen molar-refractivity contribution in [2.75, 3.05) is 6.54 Å². The van der Waals surface area contributed by atoms with Crippen LogP contribution in [0.3, 0.4) is 0 Å². The van der Waals surface area contributed by atoms with E-state index in [1.165, 1.54) is 0 Å². The number of hydrogen-bond acceptors (Lipinski definition) is 2. The predicted molar refractivity (Wildman–Crippen MR) is 88.2 cm³/mol. The summed E-state index contributed by atoms with van der Waals surface area (Å²) in [5, 5.41) is 0. The highest BCUT2D eigenvalue weighted by molar-refractivity contribution is 9.11. The van der Waals surface area contributed by atoms with Gasteiger partial charge in [-0.05, 0) is 43.9 Å². The Morgan fingerprint density at radius 3 is 2.43 bits per heavy atom. The number of benzene rings is 1. The molecule has 2 atom stereocenters. The van der Waals surface area contributed by atoms with E-state index < -0.39 is 0 Å². The number of ketones is 1. The molecule has 3 nitrogen and oxygen atoms in total. The highest BCUT2D eigenvalue weighted by atomic mass is 79.9. The molecule has 21 heavy (non-hydrogen) atoms. The molecule has 0 N–H and O–H groups in total. The maximum Gasteiger partial charge on any atom is 0.254 e. The molecule has 1 aliphatic heterocycles. The minimum absolute atomic E-state index is 0.0409. The molecule has 1 saturated carbocycles. The molecule has 2 unspecified atom stereocenters. The molecule has 112 valence electrons. The molecule has 0 spiro atoms. The van der Waals surface area contributed by atoms with Gasteiger partial charge in [0.05, 0.1) is 0 Å². The largest absolute Gasteiger partial charge is 0.335 e. The van der Waals surface area contributed by atoms with Crippen LogP contribution in [0.1, 0.15) is 42.5 Å². The average molecular weight is 415 g/mol. The number of likely N-dealkylation sites (tertiary alicyclic amines) is 1. The molecule has 1 amide bonds. The highest BCUT2D eigenvalue weighted by Crippen LogP contribution is 2.34. The molecule has 0 radical (unpaired) electrons. The summed E-state index contributed by atoms with van der Waals surface area (Å²) in [4.78, 5) is 26.7. The molecule has 0 bridgehead atoms. The summed E-state index contributed by atoms with van der Waals surface area (Å²) < 4.78 is 1.76. The van der Waals surface area contributed by atoms with E-state index in [0.717, 1.165) is 41.2 Å². The molecule has 5 heteroatoms. The fourth-order valence-electron chi connectivity index (χ4n) is 3.56. The van der Waals surface area contributed by atoms with E-state index in [9.17, 15) is 9.59 Å². The van der Waals surface area contributed by atoms with Crippen LogP contribution >= 0.6 is 31.9 Å². The molecule has 1 aliphatic carbocycles. The van der Waals surface area contributed by atoms with Gasteiger partial charge in [0.2, 0.25) is 0 Å². The third kappa shape index (κ3) is 3.09. The standard InChI is InChI=1S/C16H17Br2NO2/c17-11-7-10(8-12(18)9-11)16(21)19-6-2-4-14(19)13-3-1-5-15(13)20/h7-9,13-14H,1-6H2. The third-order valence-corrected chi connectivity index (χ3v) is 5.40. The Bertz CT molecular complexity index is 567. The van der Waals surface area contributed by atoms with Crippen molar-refractivity contribution in [3.8, 4) is 0 Å². The first kappa shape index (κ1) is 15.2. The van der Waals surface area contributed by atoms with Crippen molar-refractivity contribution in [2.24, 2.45) is 5.92 Å². The molecule has 2 aliphatic rings. The quantitative estimate of drug-likeness (QED) is 0.727. The molecule has 3 rings (SSSR count). The van der Waals surface area contributed by atoms with Gasteiger partial charge in [0.1, 0.15) is 5.78 Å². The Hall–Kier alpha value is -0.680. The fourth-order valence-corrected chi connectivity index (χ4v) is 4.85. The van der Waals surface area contributed by atoms with Gasteiger partial charge in [0.15, 0.2) is 0 Å². The van der Waals surface area contributed by atoms with Gasteiger partial charge in [-0.1, -0.05) is 31.9 Å². The molecule has 1 aromatic rings. The van der Waals surface area contributed by atoms with Gasteiger partial charge in [-0.3, -0.25) is 9.59 Å². The Balaban J connectivity index is 1.84. The first-order valence-corrected chi connectivity index (χ1v) is 8.94. The molecular weight excluding hydrogens is 398 g/mol. The van der Waals surface area contributed by atoms with Crippen LogP contribution in [0.4, 0.5) is 0 Å². The van der Waals surface area contributed by atoms with Crippen molar-refractivity contribution in [1.82, 2.24) is 4.90 Å². The number of hydrogen-bond donors (Lipinski definition) is 0. The van der Waals surface area contributed by atoms with Crippen LogP contribution in [-0.4, -0.2) is 29.2 Å². The van der Waals surface area contributed by atoms with E-state index in [2.05, 4.69) is 31.9 Å². The lowest BCUT2D eigenvalue weighted by molar-refractivity contribution is -0.121. The second-order valence-electron chi connectivity index (χ2n) is 5.83. The van der Waals surface area contributed by atoms with E-state index in [1.807, 2.05) is 23.1 Å². The first-order valence-electron chi connectivity index (χ1n) is 7.36. The van der Waals surface area contributed by atoms with Gasteiger partial charge in [-0.15, -0.1) is 0 Å². The fraction of sp³-hybridized carbons (Fsp3) is 0.500. The van der Waals surface area contributed by atoms with Crippen LogP contribution in [0.2, 0.25) is 0 Å². The number of carbonyl (C=O) groups is 2. The van der Waals surface area contributed by atoms with Crippen LogP contribution < -0.4 is 0 Å². The number of Topliss-reactive ketones (excluding diaryl/α,β-unsaturated/α-hetero) is 1. The van der Waals surface area contributed by atoms with Gasteiger partial charge >= 0.3 is 0 Å². The Morgan fingerprint density at radius 1 is 1.10 bits per heavy atom. The van der Waals surface area contributed by atoms with Crippen molar-refractivity contribution >= 4 is 43.6 Å². The van der Waals surface area contributed by atoms with Crippen molar-refractivity contribution in [1.29, 1.82) is 0 Å². The number of carbonyl (C=O) groups excluding carboxylic acids is 2. The second kappa shape index (κ2) is 6.21. The van der Waals surface area contributed by atoms with E-state index in [1.54, 1.807) is 0 Å². The summed E-state index contributed by atoms with van der Waals surface area (Å²) in [7, 11) is 0. The van der Waals surface area contributed by atoms with Crippen molar-refractivity contribution in [2.45, 2.75) is 38.1 Å². The second-order valence-corrected chi connectivity index (χ2v) is 7.66. The summed E-state index contributed by atoms with van der Waals surface area (Å²) in [6, 6.07) is 5.71. The van der Waals surface area contributed by atoms with Gasteiger partial charge in [0, 0.05) is 39.4 Å². The third-order valence-electron chi connectivity index (χ3n) is 4.49. The molecular formula is C16H17Br2NO2. The molecule has 1 saturated heterocycles. The summed E-state index contributed by atoms with van der Waals surface area (Å²) >= 11 is 6.85.